The zero-order valence-electron chi connectivity index (χ0n) is 10.7. The minimum absolute atomic E-state index is 0.0394. The normalized spacial score (nSPS) is 14.9. The summed E-state index contributed by atoms with van der Waals surface area (Å²) in [7, 11) is 0. The third-order valence-corrected chi connectivity index (χ3v) is 3.93. The quantitative estimate of drug-likeness (QED) is 0.787. The molecule has 1 saturated heterocycles. The molecule has 1 aliphatic heterocycles. The summed E-state index contributed by atoms with van der Waals surface area (Å²) in [5.41, 5.74) is 0. The molecule has 1 amide bonds. The van der Waals surface area contributed by atoms with Gasteiger partial charge in [0.1, 0.15) is 12.4 Å². The summed E-state index contributed by atoms with van der Waals surface area (Å²) in [5.74, 6) is -0.336. The molecule has 0 bridgehead atoms. The van der Waals surface area contributed by atoms with Crippen molar-refractivity contribution in [2.45, 2.75) is 31.5 Å². The fourth-order valence-electron chi connectivity index (χ4n) is 1.98. The molecule has 19 heavy (non-hydrogen) atoms. The monoisotopic (exact) mass is 284 g/mol. The number of aliphatic carboxylic acids is 1. The second kappa shape index (κ2) is 6.05. The topological polar surface area (TPSA) is 88.3 Å². The van der Waals surface area contributed by atoms with Gasteiger partial charge < -0.3 is 10.0 Å². The summed E-state index contributed by atoms with van der Waals surface area (Å²) >= 11 is 1.08. The minimum Gasteiger partial charge on any atom is -0.481 e. The van der Waals surface area contributed by atoms with Crippen LogP contribution in [0, 0.1) is 6.92 Å². The van der Waals surface area contributed by atoms with Crippen molar-refractivity contribution in [1.82, 2.24) is 19.7 Å². The number of carboxylic acids is 1. The van der Waals surface area contributed by atoms with Gasteiger partial charge in [0.25, 0.3) is 0 Å². The standard InChI is InChI=1S/C11H16N4O3S/c1-8-12-13-11(19-7-10(17)18)15(8)6-9(16)14-4-2-3-5-14/h2-7H2,1H3,(H,17,18). The van der Waals surface area contributed by atoms with Crippen LogP contribution < -0.4 is 0 Å². The molecule has 0 aromatic carbocycles. The van der Waals surface area contributed by atoms with Crippen LogP contribution in [0.2, 0.25) is 0 Å². The largest absolute Gasteiger partial charge is 0.481 e. The van der Waals surface area contributed by atoms with Crippen molar-refractivity contribution in [1.29, 1.82) is 0 Å². The number of rotatable bonds is 5. The van der Waals surface area contributed by atoms with E-state index in [1.165, 1.54) is 0 Å². The zero-order valence-corrected chi connectivity index (χ0v) is 11.5. The number of likely N-dealkylation sites (tertiary alicyclic amines) is 1. The Morgan fingerprint density at radius 1 is 1.32 bits per heavy atom. The Hall–Kier alpha value is -1.57. The molecular weight excluding hydrogens is 268 g/mol. The number of thioether (sulfide) groups is 1. The van der Waals surface area contributed by atoms with Crippen molar-refractivity contribution in [3.05, 3.63) is 5.82 Å². The van der Waals surface area contributed by atoms with E-state index in [9.17, 15) is 9.59 Å². The van der Waals surface area contributed by atoms with Crippen LogP contribution in [-0.2, 0) is 16.1 Å². The summed E-state index contributed by atoms with van der Waals surface area (Å²) in [6, 6.07) is 0. The highest BCUT2D eigenvalue weighted by Crippen LogP contribution is 2.17. The zero-order chi connectivity index (χ0) is 13.8. The molecule has 1 aliphatic rings. The SMILES string of the molecule is Cc1nnc(SCC(=O)O)n1CC(=O)N1CCCC1. The van der Waals surface area contributed by atoms with Gasteiger partial charge in [-0.15, -0.1) is 10.2 Å². The Morgan fingerprint density at radius 2 is 2.00 bits per heavy atom. The Balaban J connectivity index is 2.03. The number of amides is 1. The lowest BCUT2D eigenvalue weighted by molar-refractivity contribution is -0.134. The molecule has 0 unspecified atom stereocenters. The van der Waals surface area contributed by atoms with Gasteiger partial charge >= 0.3 is 5.97 Å². The molecule has 7 nitrogen and oxygen atoms in total. The summed E-state index contributed by atoms with van der Waals surface area (Å²) in [6.07, 6.45) is 2.10. The maximum Gasteiger partial charge on any atom is 0.313 e. The first kappa shape index (κ1) is 13.9. The highest BCUT2D eigenvalue weighted by atomic mass is 32.2. The first-order chi connectivity index (χ1) is 9.08. The van der Waals surface area contributed by atoms with Gasteiger partial charge in [-0.1, -0.05) is 11.8 Å². The first-order valence-corrected chi connectivity index (χ1v) is 7.08. The van der Waals surface area contributed by atoms with E-state index in [2.05, 4.69) is 10.2 Å². The number of aromatic nitrogens is 3. The van der Waals surface area contributed by atoms with E-state index in [0.29, 0.717) is 11.0 Å². The van der Waals surface area contributed by atoms with Crippen LogP contribution in [0.4, 0.5) is 0 Å². The van der Waals surface area contributed by atoms with Gasteiger partial charge in [-0.25, -0.2) is 0 Å². The van der Waals surface area contributed by atoms with Crippen LogP contribution in [0.15, 0.2) is 5.16 Å². The van der Waals surface area contributed by atoms with Gasteiger partial charge in [0.05, 0.1) is 5.75 Å². The predicted octanol–water partition coefficient (Wildman–Crippen LogP) is 0.386. The smallest absolute Gasteiger partial charge is 0.313 e. The molecule has 104 valence electrons. The predicted molar refractivity (Wildman–Crippen MR) is 68.9 cm³/mol. The molecular formula is C11H16N4O3S. The number of carbonyl (C=O) groups is 2. The third-order valence-electron chi connectivity index (χ3n) is 2.98. The van der Waals surface area contributed by atoms with Gasteiger partial charge in [-0.05, 0) is 19.8 Å². The molecule has 0 aliphatic carbocycles. The summed E-state index contributed by atoms with van der Waals surface area (Å²) in [5, 5.41) is 17.0. The van der Waals surface area contributed by atoms with Crippen molar-refractivity contribution < 1.29 is 14.7 Å². The fourth-order valence-corrected chi connectivity index (χ4v) is 2.68. The molecule has 0 atom stereocenters. The van der Waals surface area contributed by atoms with Crippen LogP contribution in [0.25, 0.3) is 0 Å². The van der Waals surface area contributed by atoms with E-state index in [1.54, 1.807) is 11.5 Å². The van der Waals surface area contributed by atoms with Crippen molar-refractivity contribution >= 4 is 23.6 Å². The van der Waals surface area contributed by atoms with Crippen molar-refractivity contribution in [3.8, 4) is 0 Å². The van der Waals surface area contributed by atoms with Crippen molar-refractivity contribution in [2.75, 3.05) is 18.8 Å². The number of aryl methyl sites for hydroxylation is 1. The number of carboxylic acid groups (broad SMARTS) is 1. The second-order valence-corrected chi connectivity index (χ2v) is 5.33. The van der Waals surface area contributed by atoms with Crippen molar-refractivity contribution in [3.63, 3.8) is 0 Å². The Bertz CT molecular complexity index is 482. The molecule has 1 fully saturated rings. The molecule has 0 saturated carbocycles. The van der Waals surface area contributed by atoms with E-state index < -0.39 is 5.97 Å². The average Bonchev–Trinajstić information content (AvgIpc) is 2.99. The lowest BCUT2D eigenvalue weighted by Crippen LogP contribution is -2.31. The Morgan fingerprint density at radius 3 is 2.63 bits per heavy atom. The lowest BCUT2D eigenvalue weighted by atomic mass is 10.4. The van der Waals surface area contributed by atoms with Crippen LogP contribution in [0.5, 0.6) is 0 Å². The molecule has 2 rings (SSSR count). The molecule has 0 spiro atoms. The van der Waals surface area contributed by atoms with Crippen LogP contribution in [0.3, 0.4) is 0 Å². The number of nitrogens with zero attached hydrogens (tertiary/aromatic N) is 4. The van der Waals surface area contributed by atoms with Gasteiger partial charge in [-0.3, -0.25) is 14.2 Å². The minimum atomic E-state index is -0.914. The number of carbonyl (C=O) groups excluding carboxylic acids is 1. The molecule has 0 radical (unpaired) electrons. The summed E-state index contributed by atoms with van der Waals surface area (Å²) in [6.45, 7) is 3.55. The van der Waals surface area contributed by atoms with Crippen LogP contribution in [-0.4, -0.2) is 55.5 Å². The summed E-state index contributed by atoms with van der Waals surface area (Å²) in [4.78, 5) is 24.5. The van der Waals surface area contributed by atoms with E-state index >= 15 is 0 Å². The third kappa shape index (κ3) is 3.46. The van der Waals surface area contributed by atoms with E-state index in [0.717, 1.165) is 37.7 Å². The molecule has 8 heteroatoms. The van der Waals surface area contributed by atoms with Crippen LogP contribution in [0.1, 0.15) is 18.7 Å². The molecule has 1 N–H and O–H groups in total. The lowest BCUT2D eigenvalue weighted by Gasteiger charge is -2.16. The maximum atomic E-state index is 12.1. The van der Waals surface area contributed by atoms with Gasteiger partial charge in [0.15, 0.2) is 5.16 Å². The van der Waals surface area contributed by atoms with Gasteiger partial charge in [-0.2, -0.15) is 0 Å². The van der Waals surface area contributed by atoms with Crippen LogP contribution >= 0.6 is 11.8 Å². The first-order valence-electron chi connectivity index (χ1n) is 6.10. The van der Waals surface area contributed by atoms with Crippen molar-refractivity contribution in [2.24, 2.45) is 0 Å². The highest BCUT2D eigenvalue weighted by molar-refractivity contribution is 7.99. The molecule has 1 aromatic heterocycles. The Labute approximate surface area is 115 Å². The second-order valence-electron chi connectivity index (χ2n) is 4.39. The van der Waals surface area contributed by atoms with E-state index in [1.807, 2.05) is 4.90 Å². The molecule has 2 heterocycles. The van der Waals surface area contributed by atoms with Gasteiger partial charge in [0, 0.05) is 13.1 Å². The van der Waals surface area contributed by atoms with E-state index in [-0.39, 0.29) is 18.2 Å². The highest BCUT2D eigenvalue weighted by Gasteiger charge is 2.20. The molecule has 1 aromatic rings. The van der Waals surface area contributed by atoms with Gasteiger partial charge in [0.2, 0.25) is 5.91 Å². The van der Waals surface area contributed by atoms with E-state index in [4.69, 9.17) is 5.11 Å². The number of hydrogen-bond acceptors (Lipinski definition) is 5. The Kier molecular flexibility index (Phi) is 4.41. The maximum absolute atomic E-state index is 12.1. The average molecular weight is 284 g/mol. The number of hydrogen-bond donors (Lipinski definition) is 1. The summed E-state index contributed by atoms with van der Waals surface area (Å²) < 4.78 is 1.67. The fraction of sp³-hybridized carbons (Fsp3) is 0.636.